The van der Waals surface area contributed by atoms with Gasteiger partial charge < -0.3 is 57.9 Å². The van der Waals surface area contributed by atoms with Gasteiger partial charge in [0.1, 0.15) is 11.6 Å². The van der Waals surface area contributed by atoms with Crippen LogP contribution in [0.4, 0.5) is 32.3 Å². The Labute approximate surface area is 388 Å². The molecular formula is C49H60N6O9Si2. The lowest BCUT2D eigenvalue weighted by molar-refractivity contribution is 0.140. The van der Waals surface area contributed by atoms with Gasteiger partial charge in [-0.3, -0.25) is 0 Å². The monoisotopic (exact) mass is 932 g/mol. The Morgan fingerprint density at radius 2 is 0.818 bits per heavy atom. The number of imidazole rings is 1. The number of urea groups is 2. The number of H-pyrrole nitrogens is 1. The number of amides is 4. The van der Waals surface area contributed by atoms with E-state index in [0.717, 1.165) is 43.9 Å². The molecule has 0 aliphatic carbocycles. The molecule has 0 atom stereocenters. The molecule has 0 fully saturated rings. The van der Waals surface area contributed by atoms with Gasteiger partial charge in [-0.15, -0.1) is 0 Å². The van der Waals surface area contributed by atoms with Crippen LogP contribution in [0.2, 0.25) is 0 Å². The second kappa shape index (κ2) is 20.2. The van der Waals surface area contributed by atoms with Crippen molar-refractivity contribution in [3.8, 4) is 39.7 Å². The Morgan fingerprint density at radius 3 is 1.14 bits per heavy atom. The molecule has 348 valence electrons. The van der Waals surface area contributed by atoms with Gasteiger partial charge >= 0.3 is 29.7 Å². The first-order chi connectivity index (χ1) is 31.3. The molecule has 17 heteroatoms. The minimum atomic E-state index is -3.02. The first-order valence-electron chi connectivity index (χ1n) is 21.2. The fourth-order valence-corrected chi connectivity index (χ4v) is 11.1. The molecule has 0 aliphatic heterocycles. The predicted molar refractivity (Wildman–Crippen MR) is 265 cm³/mol. The van der Waals surface area contributed by atoms with Crippen LogP contribution >= 0.6 is 0 Å². The molecule has 0 bridgehead atoms. The molecule has 4 amide bonds. The Balaban J connectivity index is 1.27. The molecule has 66 heavy (non-hydrogen) atoms. The molecule has 6 aromatic rings. The summed E-state index contributed by atoms with van der Waals surface area (Å²) in [5.74, 6) is 0.886. The van der Waals surface area contributed by atoms with Gasteiger partial charge in [0.2, 0.25) is 0 Å². The maximum absolute atomic E-state index is 13.1. The number of nitrogens with one attached hydrogen (secondary N) is 5. The van der Waals surface area contributed by atoms with Gasteiger partial charge in [0.25, 0.3) is 0 Å². The first kappa shape index (κ1) is 49.3. The molecule has 0 spiro atoms. The topological polar surface area (TPSA) is 187 Å². The van der Waals surface area contributed by atoms with Crippen LogP contribution < -0.4 is 31.6 Å². The lowest BCUT2D eigenvalue weighted by atomic mass is 9.78. The molecule has 5 aromatic carbocycles. The first-order valence-corrected chi connectivity index (χ1v) is 24.6. The number of carbonyl (C=O) groups excluding carboxylic acids is 2. The van der Waals surface area contributed by atoms with Crippen LogP contribution in [0.25, 0.3) is 33.9 Å². The number of phenolic OH excluding ortho intramolecular Hbond substituents is 1. The van der Waals surface area contributed by atoms with E-state index in [2.05, 4.69) is 67.8 Å². The fraction of sp³-hybridized carbons (Fsp3) is 0.286. The zero-order valence-corrected chi connectivity index (χ0v) is 41.6. The minimum Gasteiger partial charge on any atom is -0.507 e. The molecule has 0 saturated carbocycles. The van der Waals surface area contributed by atoms with E-state index < -0.39 is 29.7 Å². The average molecular weight is 933 g/mol. The van der Waals surface area contributed by atoms with Crippen molar-refractivity contribution in [2.75, 3.05) is 63.9 Å². The highest BCUT2D eigenvalue weighted by molar-refractivity contribution is 6.75. The number of aromatic hydroxyl groups is 1. The van der Waals surface area contributed by atoms with Gasteiger partial charge in [-0.25, -0.2) is 14.6 Å². The third-order valence-corrected chi connectivity index (χ3v) is 16.5. The van der Waals surface area contributed by atoms with Crippen molar-refractivity contribution in [2.45, 2.75) is 52.4 Å². The van der Waals surface area contributed by atoms with Crippen molar-refractivity contribution in [2.24, 2.45) is 0 Å². The molecule has 0 aliphatic rings. The van der Waals surface area contributed by atoms with Crippen molar-refractivity contribution in [3.63, 3.8) is 0 Å². The summed E-state index contributed by atoms with van der Waals surface area (Å²) in [5.41, 5.74) is 7.01. The van der Waals surface area contributed by atoms with Crippen molar-refractivity contribution in [1.29, 1.82) is 0 Å². The van der Waals surface area contributed by atoms with Gasteiger partial charge in [-0.2, -0.15) is 0 Å². The lowest BCUT2D eigenvalue weighted by Gasteiger charge is -2.28. The Hall–Kier alpha value is -6.16. The van der Waals surface area contributed by atoms with E-state index in [1.54, 1.807) is 91.2 Å². The number of phenols is 1. The number of aromatic amines is 1. The van der Waals surface area contributed by atoms with Crippen LogP contribution in [0.5, 0.6) is 5.75 Å². The second-order valence-corrected chi connectivity index (χ2v) is 23.4. The summed E-state index contributed by atoms with van der Waals surface area (Å²) in [7, 11) is 3.21. The number of hydrogen-bond donors (Lipinski definition) is 6. The Bertz CT molecular complexity index is 2430. The smallest absolute Gasteiger partial charge is 0.507 e. The molecule has 15 nitrogen and oxygen atoms in total. The van der Waals surface area contributed by atoms with Crippen molar-refractivity contribution < 1.29 is 41.3 Å². The zero-order valence-electron chi connectivity index (χ0n) is 39.6. The van der Waals surface area contributed by atoms with Crippen LogP contribution in [0.15, 0.2) is 109 Å². The van der Waals surface area contributed by atoms with E-state index in [1.807, 2.05) is 60.7 Å². The molecule has 6 rings (SSSR count). The number of aromatic nitrogens is 2. The summed E-state index contributed by atoms with van der Waals surface area (Å²) in [5, 5.41) is 24.6. The summed E-state index contributed by atoms with van der Waals surface area (Å²) in [6.45, 7) is 12.4. The highest BCUT2D eigenvalue weighted by Crippen LogP contribution is 2.43. The van der Waals surface area contributed by atoms with Crippen LogP contribution in [0.3, 0.4) is 0 Å². The standard InChI is InChI=1S/C49H60N6O9Si2/c1-48(2,3)40-29-33(30-41(44(40)56)49(4,5)6)45-54-42(31-13-17-34(18-14-31)50-46(57)52-36-21-25-38(26-22-36)65(59-7,60-8)61-9)43(55-45)32-15-19-35(20-16-32)51-47(58)53-37-23-27-39(28-24-37)66(62-10,63-11)64-12/h13-30,56H,1-12H3,(H,54,55)(H2,50,52,57)(H2,51,53,58). The van der Waals surface area contributed by atoms with E-state index in [9.17, 15) is 14.7 Å². The van der Waals surface area contributed by atoms with Crippen LogP contribution in [-0.2, 0) is 37.4 Å². The lowest BCUT2D eigenvalue weighted by Crippen LogP contribution is -2.54. The molecular weight excluding hydrogens is 873 g/mol. The summed E-state index contributed by atoms with van der Waals surface area (Å²) >= 11 is 0. The summed E-state index contributed by atoms with van der Waals surface area (Å²) in [6, 6.07) is 32.2. The molecule has 6 N–H and O–H groups in total. The summed E-state index contributed by atoms with van der Waals surface area (Å²) in [4.78, 5) is 35.0. The third kappa shape index (κ3) is 10.8. The average Bonchev–Trinajstić information content (AvgIpc) is 3.74. The van der Waals surface area contributed by atoms with Gasteiger partial charge in [0, 0.05) is 104 Å². The van der Waals surface area contributed by atoms with E-state index in [-0.39, 0.29) is 16.6 Å². The third-order valence-electron chi connectivity index (χ3n) is 11.2. The number of anilines is 4. The Kier molecular flexibility index (Phi) is 15.0. The van der Waals surface area contributed by atoms with E-state index >= 15 is 0 Å². The van der Waals surface area contributed by atoms with Gasteiger partial charge in [-0.1, -0.05) is 90.1 Å². The molecule has 0 unspecified atom stereocenters. The number of carbonyl (C=O) groups is 2. The second-order valence-electron chi connectivity index (χ2n) is 17.5. The van der Waals surface area contributed by atoms with Gasteiger partial charge in [-0.05, 0) is 71.5 Å². The molecule has 0 radical (unpaired) electrons. The van der Waals surface area contributed by atoms with Gasteiger partial charge in [0.05, 0.1) is 11.4 Å². The largest absolute Gasteiger partial charge is 0.536 e. The van der Waals surface area contributed by atoms with Crippen molar-refractivity contribution >= 4 is 62.8 Å². The van der Waals surface area contributed by atoms with Crippen LogP contribution in [0, 0.1) is 0 Å². The van der Waals surface area contributed by atoms with E-state index in [1.165, 1.54) is 0 Å². The number of rotatable bonds is 15. The highest BCUT2D eigenvalue weighted by Gasteiger charge is 2.41. The van der Waals surface area contributed by atoms with E-state index in [4.69, 9.17) is 31.5 Å². The molecule has 0 saturated heterocycles. The Morgan fingerprint density at radius 1 is 0.500 bits per heavy atom. The SMILES string of the molecule is CO[Si](OC)(OC)c1ccc(NC(=O)Nc2ccc(-c3nc(-c4cc(C(C)(C)C)c(O)c(C(C)(C)C)c4)[nH]c3-c3ccc(NC(=O)Nc4ccc([Si](OC)(OC)OC)cc4)cc3)cc2)cc1. The quantitative estimate of drug-likeness (QED) is 0.0543. The summed E-state index contributed by atoms with van der Waals surface area (Å²) in [6.07, 6.45) is 0. The van der Waals surface area contributed by atoms with E-state index in [0.29, 0.717) is 34.3 Å². The van der Waals surface area contributed by atoms with Crippen LogP contribution in [-0.4, -0.2) is 87.4 Å². The normalized spacial score (nSPS) is 12.2. The zero-order chi connectivity index (χ0) is 48.0. The molecule has 1 aromatic heterocycles. The summed E-state index contributed by atoms with van der Waals surface area (Å²) < 4.78 is 33.4. The number of nitrogens with zero attached hydrogens (tertiary/aromatic N) is 1. The van der Waals surface area contributed by atoms with Crippen LogP contribution in [0.1, 0.15) is 52.7 Å². The maximum atomic E-state index is 13.1. The van der Waals surface area contributed by atoms with Gasteiger partial charge in [0.15, 0.2) is 0 Å². The number of benzene rings is 5. The molecule has 1 heterocycles. The van der Waals surface area contributed by atoms with Crippen molar-refractivity contribution in [1.82, 2.24) is 9.97 Å². The number of hydrogen-bond acceptors (Lipinski definition) is 10. The predicted octanol–water partition coefficient (Wildman–Crippen LogP) is 9.17. The highest BCUT2D eigenvalue weighted by atomic mass is 28.4. The minimum absolute atomic E-state index is 0.276. The van der Waals surface area contributed by atoms with Crippen molar-refractivity contribution in [3.05, 3.63) is 120 Å². The fourth-order valence-electron chi connectivity index (χ4n) is 7.58. The maximum Gasteiger partial charge on any atom is 0.536 e.